The predicted octanol–water partition coefficient (Wildman–Crippen LogP) is 2.47. The van der Waals surface area contributed by atoms with Gasteiger partial charge in [-0.25, -0.2) is 0 Å². The number of piperazine rings is 1. The Kier molecular flexibility index (Phi) is 4.18. The zero-order chi connectivity index (χ0) is 15.7. The van der Waals surface area contributed by atoms with Crippen LogP contribution < -0.4 is 5.32 Å². The second-order valence-corrected chi connectivity index (χ2v) is 6.03. The second kappa shape index (κ2) is 6.10. The lowest BCUT2D eigenvalue weighted by molar-refractivity contribution is 0.0627. The quantitative estimate of drug-likeness (QED) is 0.894. The molecule has 5 nitrogen and oxygen atoms in total. The van der Waals surface area contributed by atoms with Crippen molar-refractivity contribution in [1.82, 2.24) is 20.4 Å². The maximum Gasteiger partial charge on any atom is 0.275 e. The third kappa shape index (κ3) is 2.74. The number of nitrogens with one attached hydrogen (secondary N) is 2. The van der Waals surface area contributed by atoms with E-state index in [1.165, 1.54) is 0 Å². The van der Waals surface area contributed by atoms with Crippen LogP contribution in [0.25, 0.3) is 0 Å². The third-order valence-corrected chi connectivity index (χ3v) is 4.43. The average Bonchev–Trinajstić information content (AvgIpc) is 2.86. The largest absolute Gasteiger partial charge is 0.328 e. The number of hydrogen-bond donors (Lipinski definition) is 2. The zero-order valence-corrected chi connectivity index (χ0v) is 13.4. The van der Waals surface area contributed by atoms with Crippen LogP contribution in [0.1, 0.15) is 33.4 Å². The number of aromatic amines is 1. The van der Waals surface area contributed by atoms with E-state index in [2.05, 4.69) is 15.5 Å². The molecular formula is C16H19ClN4O. The Balaban J connectivity index is 1.93. The molecule has 1 aromatic heterocycles. The molecule has 1 unspecified atom stereocenters. The van der Waals surface area contributed by atoms with Crippen LogP contribution in [0.15, 0.2) is 24.3 Å². The van der Waals surface area contributed by atoms with Gasteiger partial charge in [0.1, 0.15) is 0 Å². The van der Waals surface area contributed by atoms with Gasteiger partial charge in [-0.1, -0.05) is 23.7 Å². The molecule has 1 amide bonds. The fourth-order valence-corrected chi connectivity index (χ4v) is 2.99. The molecule has 2 aromatic rings. The van der Waals surface area contributed by atoms with Crippen LogP contribution in [0, 0.1) is 13.8 Å². The summed E-state index contributed by atoms with van der Waals surface area (Å²) in [5, 5.41) is 11.1. The molecule has 1 saturated heterocycles. The lowest BCUT2D eigenvalue weighted by Crippen LogP contribution is -2.48. The first-order valence-electron chi connectivity index (χ1n) is 7.36. The molecule has 1 aromatic carbocycles. The van der Waals surface area contributed by atoms with Gasteiger partial charge < -0.3 is 10.2 Å². The van der Waals surface area contributed by atoms with E-state index in [4.69, 9.17) is 11.6 Å². The van der Waals surface area contributed by atoms with Crippen LogP contribution in [0.3, 0.4) is 0 Å². The highest BCUT2D eigenvalue weighted by Gasteiger charge is 2.30. The van der Waals surface area contributed by atoms with E-state index in [1.807, 2.05) is 43.0 Å². The Morgan fingerprint density at radius 1 is 1.41 bits per heavy atom. The van der Waals surface area contributed by atoms with Gasteiger partial charge >= 0.3 is 0 Å². The van der Waals surface area contributed by atoms with Gasteiger partial charge in [-0.15, -0.1) is 0 Å². The van der Waals surface area contributed by atoms with E-state index in [1.54, 1.807) is 0 Å². The van der Waals surface area contributed by atoms with Crippen molar-refractivity contribution in [2.45, 2.75) is 19.9 Å². The van der Waals surface area contributed by atoms with Gasteiger partial charge in [0.05, 0.1) is 6.04 Å². The van der Waals surface area contributed by atoms with Crippen molar-refractivity contribution in [3.8, 4) is 0 Å². The summed E-state index contributed by atoms with van der Waals surface area (Å²) in [6.07, 6.45) is 0. The number of rotatable bonds is 2. The van der Waals surface area contributed by atoms with E-state index in [0.29, 0.717) is 23.8 Å². The van der Waals surface area contributed by atoms with Crippen molar-refractivity contribution in [1.29, 1.82) is 0 Å². The topological polar surface area (TPSA) is 61.0 Å². The summed E-state index contributed by atoms with van der Waals surface area (Å²) in [7, 11) is 0. The minimum Gasteiger partial charge on any atom is -0.328 e. The molecule has 22 heavy (non-hydrogen) atoms. The van der Waals surface area contributed by atoms with E-state index >= 15 is 0 Å². The fraction of sp³-hybridized carbons (Fsp3) is 0.375. The number of aryl methyl sites for hydroxylation is 1. The normalized spacial score (nSPS) is 18.5. The summed E-state index contributed by atoms with van der Waals surface area (Å²) in [6.45, 7) is 6.00. The number of benzene rings is 1. The molecule has 0 aliphatic carbocycles. The number of amides is 1. The Morgan fingerprint density at radius 3 is 2.91 bits per heavy atom. The van der Waals surface area contributed by atoms with Crippen LogP contribution in [-0.2, 0) is 0 Å². The van der Waals surface area contributed by atoms with Gasteiger partial charge in [-0.3, -0.25) is 9.89 Å². The molecule has 2 N–H and O–H groups in total. The van der Waals surface area contributed by atoms with Crippen LogP contribution in [0.5, 0.6) is 0 Å². The van der Waals surface area contributed by atoms with Crippen LogP contribution in [-0.4, -0.2) is 40.6 Å². The van der Waals surface area contributed by atoms with E-state index in [-0.39, 0.29) is 11.9 Å². The number of nitrogens with zero attached hydrogens (tertiary/aromatic N) is 2. The van der Waals surface area contributed by atoms with E-state index < -0.39 is 0 Å². The van der Waals surface area contributed by atoms with Crippen molar-refractivity contribution >= 4 is 17.5 Å². The lowest BCUT2D eigenvalue weighted by Gasteiger charge is -2.36. The number of hydrogen-bond acceptors (Lipinski definition) is 3. The standard InChI is InChI=1S/C16H19ClN4O/c1-10-11(2)19-20-15(10)16(22)21-7-6-18-9-14(21)12-4-3-5-13(17)8-12/h3-5,8,14,18H,6-7,9H2,1-2H3,(H,19,20). The highest BCUT2D eigenvalue weighted by Crippen LogP contribution is 2.26. The smallest absolute Gasteiger partial charge is 0.275 e. The molecule has 0 saturated carbocycles. The monoisotopic (exact) mass is 318 g/mol. The van der Waals surface area contributed by atoms with Crippen molar-refractivity contribution in [3.63, 3.8) is 0 Å². The van der Waals surface area contributed by atoms with Crippen molar-refractivity contribution in [2.24, 2.45) is 0 Å². The molecule has 116 valence electrons. The Labute approximate surface area is 134 Å². The van der Waals surface area contributed by atoms with Crippen LogP contribution in [0.2, 0.25) is 5.02 Å². The number of halogens is 1. The van der Waals surface area contributed by atoms with Gasteiger partial charge in [-0.05, 0) is 31.5 Å². The molecule has 6 heteroatoms. The summed E-state index contributed by atoms with van der Waals surface area (Å²) in [5.41, 5.74) is 3.38. The number of H-pyrrole nitrogens is 1. The van der Waals surface area contributed by atoms with Gasteiger partial charge in [-0.2, -0.15) is 5.10 Å². The minimum atomic E-state index is -0.0340. The first-order chi connectivity index (χ1) is 10.6. The lowest BCUT2D eigenvalue weighted by atomic mass is 10.0. The Hall–Kier alpha value is -1.85. The molecule has 1 fully saturated rings. The Bertz CT molecular complexity index is 697. The van der Waals surface area contributed by atoms with Gasteiger partial charge in [0.15, 0.2) is 5.69 Å². The SMILES string of the molecule is Cc1[nH]nc(C(=O)N2CCNCC2c2cccc(Cl)c2)c1C. The maximum atomic E-state index is 12.9. The molecule has 1 atom stereocenters. The first kappa shape index (κ1) is 15.1. The zero-order valence-electron chi connectivity index (χ0n) is 12.7. The van der Waals surface area contributed by atoms with Gasteiger partial charge in [0.25, 0.3) is 5.91 Å². The summed E-state index contributed by atoms with van der Waals surface area (Å²) < 4.78 is 0. The summed E-state index contributed by atoms with van der Waals surface area (Å²) >= 11 is 6.10. The predicted molar refractivity (Wildman–Crippen MR) is 86.2 cm³/mol. The summed E-state index contributed by atoms with van der Waals surface area (Å²) in [4.78, 5) is 14.8. The first-order valence-corrected chi connectivity index (χ1v) is 7.74. The molecule has 0 radical (unpaired) electrons. The number of carbonyl (C=O) groups is 1. The number of aromatic nitrogens is 2. The van der Waals surface area contributed by atoms with Crippen molar-refractivity contribution in [2.75, 3.05) is 19.6 Å². The van der Waals surface area contributed by atoms with Crippen LogP contribution in [0.4, 0.5) is 0 Å². The fourth-order valence-electron chi connectivity index (χ4n) is 2.79. The summed E-state index contributed by atoms with van der Waals surface area (Å²) in [5.74, 6) is -0.0340. The molecule has 2 heterocycles. The van der Waals surface area contributed by atoms with Gasteiger partial charge in [0.2, 0.25) is 0 Å². The van der Waals surface area contributed by atoms with Crippen LogP contribution >= 0.6 is 11.6 Å². The molecule has 0 bridgehead atoms. The highest BCUT2D eigenvalue weighted by molar-refractivity contribution is 6.30. The maximum absolute atomic E-state index is 12.9. The van der Waals surface area contributed by atoms with Crippen molar-refractivity contribution < 1.29 is 4.79 Å². The van der Waals surface area contributed by atoms with Crippen molar-refractivity contribution in [3.05, 3.63) is 51.8 Å². The molecular weight excluding hydrogens is 300 g/mol. The third-order valence-electron chi connectivity index (χ3n) is 4.19. The Morgan fingerprint density at radius 2 is 2.23 bits per heavy atom. The summed E-state index contributed by atoms with van der Waals surface area (Å²) in [6, 6.07) is 7.65. The van der Waals surface area contributed by atoms with E-state index in [9.17, 15) is 4.79 Å². The molecule has 1 aliphatic rings. The minimum absolute atomic E-state index is 0.0312. The van der Waals surface area contributed by atoms with E-state index in [0.717, 1.165) is 23.4 Å². The molecule has 1 aliphatic heterocycles. The number of carbonyl (C=O) groups excluding carboxylic acids is 1. The molecule has 3 rings (SSSR count). The highest BCUT2D eigenvalue weighted by atomic mass is 35.5. The molecule has 0 spiro atoms. The van der Waals surface area contributed by atoms with Gasteiger partial charge in [0, 0.05) is 35.9 Å². The second-order valence-electron chi connectivity index (χ2n) is 5.60. The average molecular weight is 319 g/mol.